The zero-order valence-corrected chi connectivity index (χ0v) is 20.4. The highest BCUT2D eigenvalue weighted by molar-refractivity contribution is 6.28. The Kier molecular flexibility index (Phi) is 1.94. The predicted molar refractivity (Wildman–Crippen MR) is 175 cm³/mol. The molecule has 1 aromatic heterocycles. The minimum Gasteiger partial charge on any atom is -0.456 e. The zero-order valence-electron chi connectivity index (χ0n) is 44.4. The van der Waals surface area contributed by atoms with Gasteiger partial charge in [-0.3, -0.25) is 0 Å². The topological polar surface area (TPSA) is 13.1 Å². The fraction of sp³-hybridized carbons (Fsp3) is 0. The molecule has 0 saturated carbocycles. The summed E-state index contributed by atoms with van der Waals surface area (Å²) in [7, 11) is 0. The number of furan rings is 1. The monoisotopic (exact) mass is 544 g/mol. The van der Waals surface area contributed by atoms with Crippen LogP contribution in [0.15, 0.2) is 149 Å². The molecule has 1 nitrogen and oxygen atoms in total. The van der Waals surface area contributed by atoms with Crippen molar-refractivity contribution >= 4 is 65.0 Å². The van der Waals surface area contributed by atoms with Crippen LogP contribution in [0.3, 0.4) is 0 Å². The first-order chi connectivity index (χ1) is 30.3. The van der Waals surface area contributed by atoms with Gasteiger partial charge in [-0.1, -0.05) is 127 Å². The lowest BCUT2D eigenvalue weighted by atomic mass is 9.86. The number of benzene rings is 8. The molecule has 0 unspecified atom stereocenters. The molecule has 41 heavy (non-hydrogen) atoms. The molecule has 0 atom stereocenters. The minimum atomic E-state index is -0.951. The van der Waals surface area contributed by atoms with Crippen molar-refractivity contribution in [1.82, 2.24) is 0 Å². The lowest BCUT2D eigenvalue weighted by molar-refractivity contribution is 0.669. The summed E-state index contributed by atoms with van der Waals surface area (Å²) < 4.78 is 220. The fourth-order valence-electron chi connectivity index (χ4n) is 5.25. The molecule has 0 aliphatic rings. The third-order valence-corrected chi connectivity index (χ3v) is 6.89. The van der Waals surface area contributed by atoms with Crippen LogP contribution in [0, 0.1) is 0 Å². The van der Waals surface area contributed by atoms with E-state index in [0.717, 1.165) is 0 Å². The van der Waals surface area contributed by atoms with E-state index in [0.29, 0.717) is 0 Å². The van der Waals surface area contributed by atoms with Crippen molar-refractivity contribution < 1.29 is 37.3 Å². The van der Waals surface area contributed by atoms with Gasteiger partial charge < -0.3 is 4.42 Å². The van der Waals surface area contributed by atoms with Crippen LogP contribution in [0.5, 0.6) is 0 Å². The highest BCUT2D eigenvalue weighted by Gasteiger charge is 2.21. The van der Waals surface area contributed by atoms with Crippen LogP contribution in [0.2, 0.25) is 0 Å². The largest absolute Gasteiger partial charge is 0.456 e. The van der Waals surface area contributed by atoms with Crippen LogP contribution in [0.4, 0.5) is 0 Å². The smallest absolute Gasteiger partial charge is 0.136 e. The van der Waals surface area contributed by atoms with Gasteiger partial charge in [0.15, 0.2) is 0 Å². The molecular formula is C40H24O. The number of fused-ring (bicyclic) bond motifs is 8. The third-order valence-electron chi connectivity index (χ3n) is 6.89. The van der Waals surface area contributed by atoms with E-state index in [2.05, 4.69) is 0 Å². The molecule has 1 heteroatoms. The van der Waals surface area contributed by atoms with Crippen molar-refractivity contribution in [3.63, 3.8) is 0 Å². The summed E-state index contributed by atoms with van der Waals surface area (Å²) in [5, 5.41) is -5.66. The average molecular weight is 545 g/mol. The summed E-state index contributed by atoms with van der Waals surface area (Å²) in [6, 6.07) is -20.7. The van der Waals surface area contributed by atoms with Crippen molar-refractivity contribution in [1.29, 1.82) is 0 Å². The molecule has 0 aliphatic heterocycles. The van der Waals surface area contributed by atoms with Crippen molar-refractivity contribution in [3.05, 3.63) is 145 Å². The molecule has 8 aromatic carbocycles. The SMILES string of the molecule is [2H]c1c([2H])c([2H])c(-c2c3c([2H])c([2H])c([2H])c([2H])c3c([2H])c3oc4c([2H])c([2H])c([2H])c(-c5c6c([2H])c([2H])c([2H])c([2H])c6c([2H])c6c5c([2H])c([2H])c5c([2H])c([2H])c([2H])c([2H])c56)c4c23)c([2H])c1[2H]. The Morgan fingerprint density at radius 3 is 1.85 bits per heavy atom. The van der Waals surface area contributed by atoms with Gasteiger partial charge in [0.2, 0.25) is 0 Å². The summed E-state index contributed by atoms with van der Waals surface area (Å²) in [5.41, 5.74) is -3.91. The Labute approximate surface area is 270 Å². The predicted octanol–water partition coefficient (Wildman–Crippen LogP) is 11.5. The van der Waals surface area contributed by atoms with E-state index in [1.807, 2.05) is 0 Å². The summed E-state index contributed by atoms with van der Waals surface area (Å²) in [5.74, 6) is 0. The van der Waals surface area contributed by atoms with E-state index in [-0.39, 0.29) is 0 Å². The third kappa shape index (κ3) is 3.24. The van der Waals surface area contributed by atoms with Gasteiger partial charge in [0, 0.05) is 16.3 Å². The maximum atomic E-state index is 9.59. The van der Waals surface area contributed by atoms with E-state index < -0.39 is 232 Å². The summed E-state index contributed by atoms with van der Waals surface area (Å²) >= 11 is 0. The first-order valence-electron chi connectivity index (χ1n) is 24.2. The molecule has 0 fully saturated rings. The molecule has 1 heterocycles. The van der Waals surface area contributed by atoms with Crippen LogP contribution < -0.4 is 0 Å². The zero-order chi connectivity index (χ0) is 47.8. The lowest BCUT2D eigenvalue weighted by Crippen LogP contribution is -1.89. The Morgan fingerprint density at radius 1 is 0.390 bits per heavy atom. The van der Waals surface area contributed by atoms with Crippen molar-refractivity contribution in [2.45, 2.75) is 0 Å². The van der Waals surface area contributed by atoms with Crippen molar-refractivity contribution in [2.75, 3.05) is 0 Å². The van der Waals surface area contributed by atoms with Gasteiger partial charge in [-0.15, -0.1) is 0 Å². The van der Waals surface area contributed by atoms with E-state index in [9.17, 15) is 6.85 Å². The number of hydrogen-bond donors (Lipinski definition) is 0. The molecule has 0 aliphatic carbocycles. The van der Waals surface area contributed by atoms with E-state index in [4.69, 9.17) is 30.5 Å². The maximum Gasteiger partial charge on any atom is 0.136 e. The summed E-state index contributed by atoms with van der Waals surface area (Å²) in [6.45, 7) is 0. The van der Waals surface area contributed by atoms with Crippen LogP contribution in [-0.4, -0.2) is 0 Å². The second-order valence-electron chi connectivity index (χ2n) is 9.01. The molecule has 0 spiro atoms. The van der Waals surface area contributed by atoms with Gasteiger partial charge in [0.05, 0.1) is 32.9 Å². The first-order valence-corrected chi connectivity index (χ1v) is 12.2. The number of rotatable bonds is 2. The standard InChI is InChI=1S/C40H24O/c1-2-12-26(13-3-1)37-30-17-8-6-15-28(30)24-36-40(37)39-33(19-10-20-35(39)41-36)38-31-18-9-5-14-27(31)23-34-29-16-7-4-11-25(29)21-22-32(34)38/h1-24H/i1D,2D,3D,4D,5D,6D,7D,8D,9D,10D,11D,12D,13D,14D,15D,16D,17D,18D,19D,20D,21D,22D,23D,24D. The molecule has 190 valence electrons. The van der Waals surface area contributed by atoms with Crippen LogP contribution in [-0.2, 0) is 0 Å². The quantitative estimate of drug-likeness (QED) is 0.156. The molecule has 0 saturated heterocycles. The Hall–Kier alpha value is -5.40. The van der Waals surface area contributed by atoms with E-state index in [1.165, 1.54) is 0 Å². The first kappa shape index (κ1) is 9.33. The Morgan fingerprint density at radius 2 is 1.05 bits per heavy atom. The molecule has 9 rings (SSSR count). The molecule has 9 aromatic rings. The van der Waals surface area contributed by atoms with Gasteiger partial charge in [-0.25, -0.2) is 0 Å². The van der Waals surface area contributed by atoms with E-state index >= 15 is 0 Å². The molecule has 0 N–H and O–H groups in total. The summed E-state index contributed by atoms with van der Waals surface area (Å²) in [4.78, 5) is 0. The maximum absolute atomic E-state index is 9.59. The normalized spacial score (nSPS) is 20.1. The second-order valence-corrected chi connectivity index (χ2v) is 9.01. The Bertz CT molecular complexity index is 3790. The van der Waals surface area contributed by atoms with Gasteiger partial charge in [-0.2, -0.15) is 0 Å². The van der Waals surface area contributed by atoms with Crippen molar-refractivity contribution in [3.8, 4) is 22.3 Å². The molecule has 0 amide bonds. The fourth-order valence-corrected chi connectivity index (χ4v) is 5.25. The van der Waals surface area contributed by atoms with Gasteiger partial charge in [0.1, 0.15) is 11.2 Å². The van der Waals surface area contributed by atoms with Gasteiger partial charge in [-0.05, 0) is 77.9 Å². The highest BCUT2D eigenvalue weighted by Crippen LogP contribution is 2.48. The molecule has 0 bridgehead atoms. The lowest BCUT2D eigenvalue weighted by Gasteiger charge is -2.16. The number of hydrogen-bond acceptors (Lipinski definition) is 1. The van der Waals surface area contributed by atoms with Crippen LogP contribution in [0.1, 0.15) is 32.9 Å². The minimum absolute atomic E-state index is 0.522. The van der Waals surface area contributed by atoms with Crippen LogP contribution in [0.25, 0.3) is 87.3 Å². The highest BCUT2D eigenvalue weighted by atomic mass is 16.3. The Balaban J connectivity index is 1.75. The van der Waals surface area contributed by atoms with E-state index in [1.54, 1.807) is 0 Å². The second kappa shape index (κ2) is 8.55. The summed E-state index contributed by atoms with van der Waals surface area (Å²) in [6.07, 6.45) is 0. The van der Waals surface area contributed by atoms with Gasteiger partial charge in [0.25, 0.3) is 0 Å². The molecule has 0 radical (unpaired) electrons. The average Bonchev–Trinajstić information content (AvgIpc) is 3.67. The van der Waals surface area contributed by atoms with Crippen LogP contribution >= 0.6 is 0 Å². The van der Waals surface area contributed by atoms with Gasteiger partial charge >= 0.3 is 0 Å². The molecular weight excluding hydrogens is 496 g/mol. The van der Waals surface area contributed by atoms with Crippen molar-refractivity contribution in [2.24, 2.45) is 0 Å².